The van der Waals surface area contributed by atoms with Gasteiger partial charge in [-0.25, -0.2) is 4.68 Å². The van der Waals surface area contributed by atoms with Crippen molar-refractivity contribution in [2.75, 3.05) is 6.54 Å². The van der Waals surface area contributed by atoms with Gasteiger partial charge in [0.2, 0.25) is 0 Å². The fourth-order valence-electron chi connectivity index (χ4n) is 2.89. The molecule has 0 radical (unpaired) electrons. The number of nitrogens with one attached hydrogen (secondary N) is 1. The summed E-state index contributed by atoms with van der Waals surface area (Å²) in [5.41, 5.74) is 5.04. The predicted molar refractivity (Wildman–Crippen MR) is 80.0 cm³/mol. The van der Waals surface area contributed by atoms with E-state index in [1.54, 1.807) is 6.20 Å². The van der Waals surface area contributed by atoms with Crippen molar-refractivity contribution in [3.63, 3.8) is 0 Å². The number of aromatic nitrogens is 4. The highest BCUT2D eigenvalue weighted by Crippen LogP contribution is 2.19. The molecule has 0 saturated carbocycles. The number of rotatable bonds is 3. The molecule has 0 unspecified atom stereocenters. The summed E-state index contributed by atoms with van der Waals surface area (Å²) in [5, 5.41) is 11.5. The first-order valence-electron chi connectivity index (χ1n) is 7.21. The lowest BCUT2D eigenvalue weighted by molar-refractivity contribution is 0.244. The van der Waals surface area contributed by atoms with Gasteiger partial charge in [0.05, 0.1) is 11.9 Å². The van der Waals surface area contributed by atoms with E-state index in [9.17, 15) is 0 Å². The molecule has 1 aliphatic heterocycles. The van der Waals surface area contributed by atoms with Crippen LogP contribution in [0.3, 0.4) is 0 Å². The van der Waals surface area contributed by atoms with Crippen molar-refractivity contribution in [2.45, 2.75) is 19.5 Å². The Morgan fingerprint density at radius 1 is 1.24 bits per heavy atom. The number of benzene rings is 1. The van der Waals surface area contributed by atoms with Crippen molar-refractivity contribution in [1.82, 2.24) is 24.9 Å². The maximum Gasteiger partial charge on any atom is 0.0648 e. The molecule has 21 heavy (non-hydrogen) atoms. The molecule has 1 N–H and O–H groups in total. The molecule has 3 heterocycles. The average Bonchev–Trinajstić information content (AvgIpc) is 3.18. The molecular formula is C16H17N5. The molecule has 0 amide bonds. The summed E-state index contributed by atoms with van der Waals surface area (Å²) >= 11 is 0. The SMILES string of the molecule is c1cc(CN2CCc3[nH]ncc3C2)cc(-n2cccn2)c1. The molecule has 0 saturated heterocycles. The third-order valence-corrected chi connectivity index (χ3v) is 3.97. The second-order valence-electron chi connectivity index (χ2n) is 5.45. The molecule has 0 aliphatic carbocycles. The van der Waals surface area contributed by atoms with E-state index in [2.05, 4.69) is 44.5 Å². The van der Waals surface area contributed by atoms with Gasteiger partial charge in [-0.1, -0.05) is 12.1 Å². The zero-order valence-corrected chi connectivity index (χ0v) is 11.7. The van der Waals surface area contributed by atoms with Crippen LogP contribution >= 0.6 is 0 Å². The molecule has 5 nitrogen and oxygen atoms in total. The van der Waals surface area contributed by atoms with Gasteiger partial charge in [0, 0.05) is 49.7 Å². The van der Waals surface area contributed by atoms with E-state index < -0.39 is 0 Å². The fraction of sp³-hybridized carbons (Fsp3) is 0.250. The van der Waals surface area contributed by atoms with Crippen molar-refractivity contribution >= 4 is 0 Å². The molecule has 0 fully saturated rings. The quantitative estimate of drug-likeness (QED) is 0.799. The highest BCUT2D eigenvalue weighted by Gasteiger charge is 2.17. The van der Waals surface area contributed by atoms with E-state index in [4.69, 9.17) is 0 Å². The number of hydrogen-bond donors (Lipinski definition) is 1. The van der Waals surface area contributed by atoms with Crippen molar-refractivity contribution in [2.24, 2.45) is 0 Å². The largest absolute Gasteiger partial charge is 0.294 e. The van der Waals surface area contributed by atoms with Gasteiger partial charge in [0.15, 0.2) is 0 Å². The minimum Gasteiger partial charge on any atom is -0.294 e. The van der Waals surface area contributed by atoms with Crippen LogP contribution in [0, 0.1) is 0 Å². The first-order chi connectivity index (χ1) is 10.4. The molecule has 106 valence electrons. The van der Waals surface area contributed by atoms with Gasteiger partial charge in [-0.05, 0) is 23.8 Å². The second kappa shape index (κ2) is 5.18. The highest BCUT2D eigenvalue weighted by atomic mass is 15.3. The highest BCUT2D eigenvalue weighted by molar-refractivity contribution is 5.35. The minimum atomic E-state index is 0.958. The number of fused-ring (bicyclic) bond motifs is 1. The normalized spacial score (nSPS) is 15.0. The number of aromatic amines is 1. The molecule has 3 aromatic rings. The standard InChI is InChI=1S/C16H17N5/c1-3-13(9-15(4-1)21-7-2-6-18-21)11-20-8-5-16-14(12-20)10-17-19-16/h1-4,6-7,9-10H,5,8,11-12H2,(H,17,19). The molecule has 0 bridgehead atoms. The fourth-order valence-corrected chi connectivity index (χ4v) is 2.89. The molecule has 5 heteroatoms. The van der Waals surface area contributed by atoms with Crippen LogP contribution in [0.5, 0.6) is 0 Å². The molecule has 4 rings (SSSR count). The lowest BCUT2D eigenvalue weighted by Gasteiger charge is -2.26. The molecule has 1 aromatic carbocycles. The maximum atomic E-state index is 4.29. The minimum absolute atomic E-state index is 0.958. The van der Waals surface area contributed by atoms with Gasteiger partial charge >= 0.3 is 0 Å². The van der Waals surface area contributed by atoms with E-state index in [1.807, 2.05) is 23.1 Å². The Morgan fingerprint density at radius 2 is 2.24 bits per heavy atom. The van der Waals surface area contributed by atoms with Gasteiger partial charge in [0.1, 0.15) is 0 Å². The van der Waals surface area contributed by atoms with Crippen molar-refractivity contribution in [3.8, 4) is 5.69 Å². The van der Waals surface area contributed by atoms with Gasteiger partial charge in [-0.3, -0.25) is 10.00 Å². The Labute approximate surface area is 123 Å². The lowest BCUT2D eigenvalue weighted by Crippen LogP contribution is -2.29. The summed E-state index contributed by atoms with van der Waals surface area (Å²) in [6.45, 7) is 3.00. The number of nitrogens with zero attached hydrogens (tertiary/aromatic N) is 4. The van der Waals surface area contributed by atoms with Crippen LogP contribution in [-0.4, -0.2) is 31.4 Å². The average molecular weight is 279 g/mol. The Morgan fingerprint density at radius 3 is 3.14 bits per heavy atom. The molecule has 0 spiro atoms. The first-order valence-corrected chi connectivity index (χ1v) is 7.21. The summed E-state index contributed by atoms with van der Waals surface area (Å²) < 4.78 is 1.90. The lowest BCUT2D eigenvalue weighted by atomic mass is 10.1. The number of hydrogen-bond acceptors (Lipinski definition) is 3. The van der Waals surface area contributed by atoms with Crippen LogP contribution in [0.25, 0.3) is 5.69 Å². The van der Waals surface area contributed by atoms with Crippen LogP contribution < -0.4 is 0 Å². The monoisotopic (exact) mass is 279 g/mol. The van der Waals surface area contributed by atoms with Gasteiger partial charge in [-0.15, -0.1) is 0 Å². The van der Waals surface area contributed by atoms with Crippen molar-refractivity contribution < 1.29 is 0 Å². The third kappa shape index (κ3) is 2.48. The van der Waals surface area contributed by atoms with Crippen LogP contribution in [0.2, 0.25) is 0 Å². The third-order valence-electron chi connectivity index (χ3n) is 3.97. The Kier molecular flexibility index (Phi) is 3.05. The van der Waals surface area contributed by atoms with Crippen LogP contribution in [0.4, 0.5) is 0 Å². The molecular weight excluding hydrogens is 262 g/mol. The Bertz CT molecular complexity index is 729. The van der Waals surface area contributed by atoms with Crippen molar-refractivity contribution in [3.05, 3.63) is 65.7 Å². The molecule has 1 aliphatic rings. The van der Waals surface area contributed by atoms with E-state index in [0.717, 1.165) is 31.7 Å². The maximum absolute atomic E-state index is 4.29. The zero-order chi connectivity index (χ0) is 14.1. The van der Waals surface area contributed by atoms with E-state index in [1.165, 1.54) is 16.8 Å². The van der Waals surface area contributed by atoms with Gasteiger partial charge < -0.3 is 0 Å². The van der Waals surface area contributed by atoms with E-state index >= 15 is 0 Å². The van der Waals surface area contributed by atoms with Gasteiger partial charge in [-0.2, -0.15) is 10.2 Å². The summed E-state index contributed by atoms with van der Waals surface area (Å²) in [6, 6.07) is 10.5. The summed E-state index contributed by atoms with van der Waals surface area (Å²) in [5.74, 6) is 0. The summed E-state index contributed by atoms with van der Waals surface area (Å²) in [4.78, 5) is 2.46. The number of H-pyrrole nitrogens is 1. The van der Waals surface area contributed by atoms with Crippen molar-refractivity contribution in [1.29, 1.82) is 0 Å². The first kappa shape index (κ1) is 12.3. The van der Waals surface area contributed by atoms with Gasteiger partial charge in [0.25, 0.3) is 0 Å². The topological polar surface area (TPSA) is 49.7 Å². The van der Waals surface area contributed by atoms with E-state index in [-0.39, 0.29) is 0 Å². The molecule has 2 aromatic heterocycles. The Balaban J connectivity index is 1.52. The predicted octanol–water partition coefficient (Wildman–Crippen LogP) is 2.15. The smallest absolute Gasteiger partial charge is 0.0648 e. The van der Waals surface area contributed by atoms with Crippen LogP contribution in [0.15, 0.2) is 48.9 Å². The summed E-state index contributed by atoms with van der Waals surface area (Å²) in [6.07, 6.45) is 6.77. The van der Waals surface area contributed by atoms with Crippen LogP contribution in [-0.2, 0) is 19.5 Å². The van der Waals surface area contributed by atoms with E-state index in [0.29, 0.717) is 0 Å². The second-order valence-corrected chi connectivity index (χ2v) is 5.45. The van der Waals surface area contributed by atoms with Crippen LogP contribution in [0.1, 0.15) is 16.8 Å². The Hall–Kier alpha value is -2.40. The molecule has 0 atom stereocenters. The summed E-state index contributed by atoms with van der Waals surface area (Å²) in [7, 11) is 0. The zero-order valence-electron chi connectivity index (χ0n) is 11.7.